The van der Waals surface area contributed by atoms with Crippen LogP contribution < -0.4 is 0 Å². The van der Waals surface area contributed by atoms with Gasteiger partial charge in [-0.2, -0.15) is 0 Å². The number of carbonyl (C=O) groups is 2. The highest BCUT2D eigenvalue weighted by Gasteiger charge is 2.37. The van der Waals surface area contributed by atoms with E-state index < -0.39 is 29.3 Å². The molecule has 16 heavy (non-hydrogen) atoms. The number of ketones is 1. The second kappa shape index (κ2) is 3.66. The van der Waals surface area contributed by atoms with Crippen LogP contribution in [0.15, 0.2) is 12.1 Å². The molecule has 0 saturated heterocycles. The van der Waals surface area contributed by atoms with Crippen LogP contribution >= 0.6 is 0 Å². The van der Waals surface area contributed by atoms with E-state index >= 15 is 0 Å². The number of Topliss-reactive ketones (excluding diaryl/α,β-unsaturated/α-hetero) is 1. The Hall–Kier alpha value is -1.78. The number of rotatable bonds is 1. The first-order valence-corrected chi connectivity index (χ1v) is 4.64. The smallest absolute Gasteiger partial charge is 0.313 e. The number of carbonyl (C=O) groups excluding carboxylic acids is 2. The highest BCUT2D eigenvalue weighted by atomic mass is 19.1. The number of ether oxygens (including phenoxy) is 1. The summed E-state index contributed by atoms with van der Waals surface area (Å²) in [6.07, 6.45) is -0.164. The van der Waals surface area contributed by atoms with E-state index in [9.17, 15) is 18.4 Å². The largest absolute Gasteiger partial charge is 0.469 e. The molecule has 0 radical (unpaired) electrons. The summed E-state index contributed by atoms with van der Waals surface area (Å²) in [6.45, 7) is 0. The number of hydrogen-bond donors (Lipinski definition) is 0. The van der Waals surface area contributed by atoms with Crippen LogP contribution in [0.2, 0.25) is 0 Å². The van der Waals surface area contributed by atoms with Gasteiger partial charge in [0.1, 0.15) is 11.6 Å². The minimum Gasteiger partial charge on any atom is -0.469 e. The van der Waals surface area contributed by atoms with Crippen molar-refractivity contribution >= 4 is 11.8 Å². The maximum absolute atomic E-state index is 13.3. The zero-order valence-corrected chi connectivity index (χ0v) is 8.42. The fourth-order valence-electron chi connectivity index (χ4n) is 1.91. The third-order valence-electron chi connectivity index (χ3n) is 2.61. The Morgan fingerprint density at radius 3 is 2.75 bits per heavy atom. The second-order valence-electron chi connectivity index (χ2n) is 3.55. The first kappa shape index (κ1) is 10.7. The summed E-state index contributed by atoms with van der Waals surface area (Å²) < 4.78 is 30.8. The van der Waals surface area contributed by atoms with Gasteiger partial charge in [0.25, 0.3) is 0 Å². The topological polar surface area (TPSA) is 43.4 Å². The van der Waals surface area contributed by atoms with Crippen LogP contribution in [-0.4, -0.2) is 18.9 Å². The molecule has 0 amide bonds. The average Bonchev–Trinajstić information content (AvgIpc) is 2.54. The van der Waals surface area contributed by atoms with E-state index in [1.807, 2.05) is 0 Å². The van der Waals surface area contributed by atoms with Gasteiger partial charge in [-0.1, -0.05) is 0 Å². The minimum absolute atomic E-state index is 0.0781. The van der Waals surface area contributed by atoms with Crippen LogP contribution in [0.4, 0.5) is 8.78 Å². The number of fused-ring (bicyclic) bond motifs is 1. The minimum atomic E-state index is -0.925. The first-order chi connectivity index (χ1) is 7.54. The van der Waals surface area contributed by atoms with Gasteiger partial charge >= 0.3 is 5.97 Å². The van der Waals surface area contributed by atoms with Gasteiger partial charge in [-0.25, -0.2) is 8.78 Å². The molecule has 0 aromatic heterocycles. The summed E-state index contributed by atoms with van der Waals surface area (Å²) in [5.41, 5.74) is -0.119. The van der Waals surface area contributed by atoms with E-state index in [1.165, 1.54) is 7.11 Å². The first-order valence-electron chi connectivity index (χ1n) is 4.64. The number of benzene rings is 1. The summed E-state index contributed by atoms with van der Waals surface area (Å²) in [6, 6.07) is 1.64. The Kier molecular flexibility index (Phi) is 2.46. The van der Waals surface area contributed by atoms with Crippen molar-refractivity contribution in [2.24, 2.45) is 0 Å². The molecule has 0 bridgehead atoms. The van der Waals surface area contributed by atoms with E-state index in [0.717, 1.165) is 6.07 Å². The number of esters is 1. The van der Waals surface area contributed by atoms with Gasteiger partial charge in [-0.05, 0) is 11.6 Å². The van der Waals surface area contributed by atoms with Crippen molar-refractivity contribution in [1.82, 2.24) is 0 Å². The van der Waals surface area contributed by atoms with Crippen molar-refractivity contribution < 1.29 is 23.1 Å². The van der Waals surface area contributed by atoms with Crippen LogP contribution in [-0.2, 0) is 9.53 Å². The molecular formula is C11H8F2O3. The third kappa shape index (κ3) is 1.48. The summed E-state index contributed by atoms with van der Waals surface area (Å²) in [7, 11) is 1.17. The Bertz CT molecular complexity index is 482. The van der Waals surface area contributed by atoms with Gasteiger partial charge in [0, 0.05) is 12.5 Å². The summed E-state index contributed by atoms with van der Waals surface area (Å²) >= 11 is 0. The van der Waals surface area contributed by atoms with Crippen molar-refractivity contribution in [3.05, 3.63) is 34.9 Å². The van der Waals surface area contributed by atoms with Crippen molar-refractivity contribution in [3.8, 4) is 0 Å². The fourth-order valence-corrected chi connectivity index (χ4v) is 1.91. The van der Waals surface area contributed by atoms with Gasteiger partial charge in [0.05, 0.1) is 18.6 Å². The molecule has 0 heterocycles. The Labute approximate surface area is 90.0 Å². The average molecular weight is 226 g/mol. The molecule has 1 aromatic rings. The van der Waals surface area contributed by atoms with Crippen LogP contribution in [0.1, 0.15) is 28.3 Å². The van der Waals surface area contributed by atoms with Crippen molar-refractivity contribution in [2.45, 2.75) is 12.3 Å². The van der Waals surface area contributed by atoms with Gasteiger partial charge in [0.15, 0.2) is 5.78 Å². The molecule has 2 rings (SSSR count). The highest BCUT2D eigenvalue weighted by Crippen LogP contribution is 2.35. The molecule has 1 aliphatic carbocycles. The summed E-state index contributed by atoms with van der Waals surface area (Å²) in [4.78, 5) is 22.8. The highest BCUT2D eigenvalue weighted by molar-refractivity contribution is 6.06. The molecule has 1 unspecified atom stereocenters. The lowest BCUT2D eigenvalue weighted by Gasteiger charge is -2.07. The number of halogens is 2. The molecule has 5 heteroatoms. The van der Waals surface area contributed by atoms with Gasteiger partial charge in [0.2, 0.25) is 0 Å². The van der Waals surface area contributed by atoms with E-state index in [4.69, 9.17) is 0 Å². The third-order valence-corrected chi connectivity index (χ3v) is 2.61. The zero-order chi connectivity index (χ0) is 11.9. The lowest BCUT2D eigenvalue weighted by Crippen LogP contribution is -2.11. The maximum atomic E-state index is 13.3. The normalized spacial score (nSPS) is 18.4. The lowest BCUT2D eigenvalue weighted by molar-refractivity contribution is -0.142. The molecule has 0 N–H and O–H groups in total. The fraction of sp³-hybridized carbons (Fsp3) is 0.273. The van der Waals surface area contributed by atoms with Crippen molar-refractivity contribution in [1.29, 1.82) is 0 Å². The standard InChI is InChI=1S/C11H8F2O3/c1-16-11(15)7-4-9(14)10-6(7)2-5(12)3-8(10)13/h2-3,7H,4H2,1H3. The predicted molar refractivity (Wildman–Crippen MR) is 50.1 cm³/mol. The van der Waals surface area contributed by atoms with Gasteiger partial charge in [-0.15, -0.1) is 0 Å². The van der Waals surface area contributed by atoms with E-state index in [0.29, 0.717) is 6.07 Å². The number of hydrogen-bond acceptors (Lipinski definition) is 3. The molecule has 1 atom stereocenters. The lowest BCUT2D eigenvalue weighted by atomic mass is 10.0. The molecule has 0 saturated carbocycles. The van der Waals surface area contributed by atoms with E-state index in [2.05, 4.69) is 4.74 Å². The Morgan fingerprint density at radius 1 is 1.44 bits per heavy atom. The van der Waals surface area contributed by atoms with Crippen LogP contribution in [0, 0.1) is 11.6 Å². The molecule has 0 aliphatic heterocycles. The molecule has 84 valence electrons. The Balaban J connectivity index is 2.57. The monoisotopic (exact) mass is 226 g/mol. The molecular weight excluding hydrogens is 218 g/mol. The molecule has 0 spiro atoms. The SMILES string of the molecule is COC(=O)C1CC(=O)c2c(F)cc(F)cc21. The van der Waals surface area contributed by atoms with Crippen LogP contribution in [0.3, 0.4) is 0 Å². The van der Waals surface area contributed by atoms with Crippen LogP contribution in [0.5, 0.6) is 0 Å². The number of methoxy groups -OCH3 is 1. The second-order valence-corrected chi connectivity index (χ2v) is 3.55. The van der Waals surface area contributed by atoms with E-state index in [-0.39, 0.29) is 17.5 Å². The Morgan fingerprint density at radius 2 is 2.12 bits per heavy atom. The molecule has 0 fully saturated rings. The van der Waals surface area contributed by atoms with E-state index in [1.54, 1.807) is 0 Å². The maximum Gasteiger partial charge on any atom is 0.313 e. The quantitative estimate of drug-likeness (QED) is 0.686. The summed E-state index contributed by atoms with van der Waals surface area (Å²) in [5, 5.41) is 0. The van der Waals surface area contributed by atoms with Gasteiger partial charge < -0.3 is 4.74 Å². The molecule has 3 nitrogen and oxygen atoms in total. The van der Waals surface area contributed by atoms with Gasteiger partial charge in [-0.3, -0.25) is 9.59 Å². The molecule has 1 aromatic carbocycles. The predicted octanol–water partition coefficient (Wildman–Crippen LogP) is 1.81. The zero-order valence-electron chi connectivity index (χ0n) is 8.42. The van der Waals surface area contributed by atoms with Crippen LogP contribution in [0.25, 0.3) is 0 Å². The molecule has 1 aliphatic rings. The van der Waals surface area contributed by atoms with Crippen molar-refractivity contribution in [2.75, 3.05) is 7.11 Å². The summed E-state index contributed by atoms with van der Waals surface area (Å²) in [5.74, 6) is -3.77. The van der Waals surface area contributed by atoms with Crippen molar-refractivity contribution in [3.63, 3.8) is 0 Å².